The van der Waals surface area contributed by atoms with E-state index in [0.717, 1.165) is 17.7 Å². The van der Waals surface area contributed by atoms with Gasteiger partial charge in [-0.3, -0.25) is 9.59 Å². The lowest BCUT2D eigenvalue weighted by atomic mass is 9.97. The van der Waals surface area contributed by atoms with Crippen LogP contribution in [0.1, 0.15) is 36.2 Å². The summed E-state index contributed by atoms with van der Waals surface area (Å²) in [6.07, 6.45) is 4.39. The van der Waals surface area contributed by atoms with Crippen LogP contribution in [0.15, 0.2) is 73.1 Å². The zero-order chi connectivity index (χ0) is 20.6. The first-order chi connectivity index (χ1) is 14.1. The predicted octanol–water partition coefficient (Wildman–Crippen LogP) is 3.33. The van der Waals surface area contributed by atoms with Crippen molar-refractivity contribution < 1.29 is 9.59 Å². The van der Waals surface area contributed by atoms with Crippen molar-refractivity contribution in [2.24, 2.45) is 5.92 Å². The third-order valence-corrected chi connectivity index (χ3v) is 4.94. The highest BCUT2D eigenvalue weighted by atomic mass is 16.2. The summed E-state index contributed by atoms with van der Waals surface area (Å²) in [5.74, 6) is -0.436. The van der Waals surface area contributed by atoms with Crippen LogP contribution in [0.25, 0.3) is 5.69 Å². The molecule has 0 saturated heterocycles. The van der Waals surface area contributed by atoms with Crippen LogP contribution in [-0.4, -0.2) is 27.6 Å². The average Bonchev–Trinajstić information content (AvgIpc) is 3.25. The second kappa shape index (κ2) is 9.68. The van der Waals surface area contributed by atoms with Crippen LogP contribution < -0.4 is 10.6 Å². The zero-order valence-electron chi connectivity index (χ0n) is 16.7. The summed E-state index contributed by atoms with van der Waals surface area (Å²) in [5.41, 5.74) is 2.38. The van der Waals surface area contributed by atoms with Gasteiger partial charge in [0.15, 0.2) is 0 Å². The summed E-state index contributed by atoms with van der Waals surface area (Å²) in [6.45, 7) is 4.31. The third kappa shape index (κ3) is 5.31. The Hall–Kier alpha value is -3.41. The molecule has 2 amide bonds. The molecule has 0 bridgehead atoms. The van der Waals surface area contributed by atoms with Gasteiger partial charge in [0.1, 0.15) is 6.04 Å². The van der Waals surface area contributed by atoms with E-state index in [2.05, 4.69) is 15.7 Å². The number of amides is 2. The number of aromatic nitrogens is 2. The second-order valence-corrected chi connectivity index (χ2v) is 7.05. The lowest BCUT2D eigenvalue weighted by Gasteiger charge is -2.23. The number of rotatable bonds is 8. The largest absolute Gasteiger partial charge is 0.350 e. The summed E-state index contributed by atoms with van der Waals surface area (Å²) in [7, 11) is 0. The number of carbonyl (C=O) groups excluding carboxylic acids is 2. The molecule has 1 aromatic heterocycles. The van der Waals surface area contributed by atoms with Crippen LogP contribution in [0, 0.1) is 5.92 Å². The van der Waals surface area contributed by atoms with E-state index in [1.54, 1.807) is 35.1 Å². The SMILES string of the molecule is CCC(C)C(NC(=O)c1ccccc1)C(=O)NCc1cnn(-c2ccccc2)c1. The topological polar surface area (TPSA) is 76.0 Å². The van der Waals surface area contributed by atoms with Gasteiger partial charge < -0.3 is 10.6 Å². The number of hydrogen-bond acceptors (Lipinski definition) is 3. The van der Waals surface area contributed by atoms with Crippen LogP contribution >= 0.6 is 0 Å². The van der Waals surface area contributed by atoms with Gasteiger partial charge in [0.2, 0.25) is 5.91 Å². The first-order valence-electron chi connectivity index (χ1n) is 9.81. The van der Waals surface area contributed by atoms with Crippen molar-refractivity contribution in [1.29, 1.82) is 0 Å². The van der Waals surface area contributed by atoms with Gasteiger partial charge in [-0.05, 0) is 30.2 Å². The normalized spacial score (nSPS) is 12.8. The van der Waals surface area contributed by atoms with Crippen molar-refractivity contribution in [2.45, 2.75) is 32.9 Å². The quantitative estimate of drug-likeness (QED) is 0.619. The van der Waals surface area contributed by atoms with Gasteiger partial charge in [-0.25, -0.2) is 4.68 Å². The maximum absolute atomic E-state index is 12.8. The van der Waals surface area contributed by atoms with E-state index in [1.807, 2.05) is 56.4 Å². The Morgan fingerprint density at radius 2 is 1.69 bits per heavy atom. The van der Waals surface area contributed by atoms with Crippen molar-refractivity contribution in [2.75, 3.05) is 0 Å². The van der Waals surface area contributed by atoms with Gasteiger partial charge in [0.25, 0.3) is 5.91 Å². The molecule has 2 atom stereocenters. The number of hydrogen-bond donors (Lipinski definition) is 2. The molecule has 3 rings (SSSR count). The Kier molecular flexibility index (Phi) is 6.79. The summed E-state index contributed by atoms with van der Waals surface area (Å²) >= 11 is 0. The molecular formula is C23H26N4O2. The van der Waals surface area contributed by atoms with E-state index in [-0.39, 0.29) is 17.7 Å². The molecule has 0 radical (unpaired) electrons. The predicted molar refractivity (Wildman–Crippen MR) is 113 cm³/mol. The molecule has 0 aliphatic carbocycles. The first-order valence-corrected chi connectivity index (χ1v) is 9.81. The van der Waals surface area contributed by atoms with Gasteiger partial charge in [-0.15, -0.1) is 0 Å². The molecule has 0 saturated carbocycles. The highest BCUT2D eigenvalue weighted by molar-refractivity contribution is 5.97. The molecule has 0 spiro atoms. The third-order valence-electron chi connectivity index (χ3n) is 4.94. The zero-order valence-corrected chi connectivity index (χ0v) is 16.7. The molecule has 29 heavy (non-hydrogen) atoms. The van der Waals surface area contributed by atoms with Crippen LogP contribution in [0.4, 0.5) is 0 Å². The Balaban J connectivity index is 1.63. The molecule has 0 aliphatic rings. The van der Waals surface area contributed by atoms with Crippen LogP contribution in [-0.2, 0) is 11.3 Å². The monoisotopic (exact) mass is 390 g/mol. The van der Waals surface area contributed by atoms with Crippen LogP contribution in [0.3, 0.4) is 0 Å². The number of nitrogens with zero attached hydrogens (tertiary/aromatic N) is 2. The van der Waals surface area contributed by atoms with E-state index in [1.165, 1.54) is 0 Å². The van der Waals surface area contributed by atoms with Gasteiger partial charge in [0, 0.05) is 23.9 Å². The molecule has 6 heteroatoms. The minimum absolute atomic E-state index is 0.00899. The molecule has 0 aliphatic heterocycles. The average molecular weight is 390 g/mol. The Bertz CT molecular complexity index is 938. The van der Waals surface area contributed by atoms with E-state index in [9.17, 15) is 9.59 Å². The minimum atomic E-state index is -0.600. The Labute approximate surface area is 170 Å². The molecule has 1 heterocycles. The molecule has 2 unspecified atom stereocenters. The second-order valence-electron chi connectivity index (χ2n) is 7.05. The lowest BCUT2D eigenvalue weighted by molar-refractivity contribution is -0.124. The highest BCUT2D eigenvalue weighted by Crippen LogP contribution is 2.11. The Morgan fingerprint density at radius 1 is 1.03 bits per heavy atom. The molecule has 0 fully saturated rings. The van der Waals surface area contributed by atoms with E-state index in [4.69, 9.17) is 0 Å². The van der Waals surface area contributed by atoms with Crippen molar-refractivity contribution in [3.63, 3.8) is 0 Å². The van der Waals surface area contributed by atoms with E-state index < -0.39 is 6.04 Å². The minimum Gasteiger partial charge on any atom is -0.350 e. The summed E-state index contributed by atoms with van der Waals surface area (Å²) < 4.78 is 1.77. The van der Waals surface area contributed by atoms with Crippen LogP contribution in [0.2, 0.25) is 0 Å². The Morgan fingerprint density at radius 3 is 2.34 bits per heavy atom. The van der Waals surface area contributed by atoms with Crippen molar-refractivity contribution >= 4 is 11.8 Å². The van der Waals surface area contributed by atoms with Crippen molar-refractivity contribution in [3.8, 4) is 5.69 Å². The standard InChI is InChI=1S/C23H26N4O2/c1-3-17(2)21(26-22(28)19-10-6-4-7-11-19)23(29)24-14-18-15-25-27(16-18)20-12-8-5-9-13-20/h4-13,15-17,21H,3,14H2,1-2H3,(H,24,29)(H,26,28). The van der Waals surface area contributed by atoms with E-state index >= 15 is 0 Å². The lowest BCUT2D eigenvalue weighted by Crippen LogP contribution is -2.50. The van der Waals surface area contributed by atoms with Crippen LogP contribution in [0.5, 0.6) is 0 Å². The van der Waals surface area contributed by atoms with Gasteiger partial charge in [-0.2, -0.15) is 5.10 Å². The molecule has 150 valence electrons. The summed E-state index contributed by atoms with van der Waals surface area (Å²) in [5, 5.41) is 10.2. The van der Waals surface area contributed by atoms with Crippen molar-refractivity contribution in [3.05, 3.63) is 84.2 Å². The molecule has 2 aromatic carbocycles. The number of para-hydroxylation sites is 1. The maximum atomic E-state index is 12.8. The first kappa shape index (κ1) is 20.3. The number of nitrogens with one attached hydrogen (secondary N) is 2. The fourth-order valence-corrected chi connectivity index (χ4v) is 2.99. The molecule has 3 aromatic rings. The molecule has 6 nitrogen and oxygen atoms in total. The number of carbonyl (C=O) groups is 2. The number of benzene rings is 2. The van der Waals surface area contributed by atoms with Gasteiger partial charge in [-0.1, -0.05) is 56.7 Å². The van der Waals surface area contributed by atoms with E-state index in [0.29, 0.717) is 12.1 Å². The summed E-state index contributed by atoms with van der Waals surface area (Å²) in [6, 6.07) is 18.1. The highest BCUT2D eigenvalue weighted by Gasteiger charge is 2.26. The summed E-state index contributed by atoms with van der Waals surface area (Å²) in [4.78, 5) is 25.3. The molecular weight excluding hydrogens is 364 g/mol. The fourth-order valence-electron chi connectivity index (χ4n) is 2.99. The van der Waals surface area contributed by atoms with Gasteiger partial charge in [0.05, 0.1) is 11.9 Å². The maximum Gasteiger partial charge on any atom is 0.251 e. The fraction of sp³-hybridized carbons (Fsp3) is 0.261. The molecule has 2 N–H and O–H groups in total. The van der Waals surface area contributed by atoms with Crippen molar-refractivity contribution in [1.82, 2.24) is 20.4 Å². The van der Waals surface area contributed by atoms with Gasteiger partial charge >= 0.3 is 0 Å². The smallest absolute Gasteiger partial charge is 0.251 e.